The molecule has 1 nitrogen and oxygen atoms in total. The van der Waals surface area contributed by atoms with Gasteiger partial charge in [-0.05, 0) is 61.4 Å². The molecule has 0 radical (unpaired) electrons. The van der Waals surface area contributed by atoms with E-state index in [-0.39, 0.29) is 0 Å². The van der Waals surface area contributed by atoms with E-state index in [4.69, 9.17) is 6.42 Å². The van der Waals surface area contributed by atoms with Crippen molar-refractivity contribution in [2.24, 2.45) is 0 Å². The number of unbranched alkanes of at least 4 members (excludes halogenated alkanes) is 26. The predicted octanol–water partition coefficient (Wildman–Crippen LogP) is 14.8. The first-order valence-electron chi connectivity index (χ1n) is 21.2. The van der Waals surface area contributed by atoms with Crippen molar-refractivity contribution >= 4 is 5.69 Å². The van der Waals surface area contributed by atoms with Crippen LogP contribution in [0.2, 0.25) is 0 Å². The summed E-state index contributed by atoms with van der Waals surface area (Å²) < 4.78 is 0. The summed E-state index contributed by atoms with van der Waals surface area (Å²) in [5, 5.41) is 0. The summed E-state index contributed by atoms with van der Waals surface area (Å²) in [6.07, 6.45) is 45.0. The Balaban J connectivity index is 1.69. The normalized spacial score (nSPS) is 10.9. The monoisotopic (exact) mass is 666 g/mol. The van der Waals surface area contributed by atoms with Crippen LogP contribution in [-0.4, -0.2) is 13.1 Å². The van der Waals surface area contributed by atoms with E-state index in [1.54, 1.807) is 0 Å². The molecule has 0 amide bonds. The third-order valence-corrected chi connectivity index (χ3v) is 10.2. The first-order valence-corrected chi connectivity index (χ1v) is 21.2. The van der Waals surface area contributed by atoms with E-state index in [0.717, 1.165) is 16.7 Å². The zero-order valence-corrected chi connectivity index (χ0v) is 32.4. The van der Waals surface area contributed by atoms with Crippen LogP contribution < -0.4 is 4.90 Å². The molecule has 0 spiro atoms. The molecule has 272 valence electrons. The minimum Gasteiger partial charge on any atom is -0.372 e. The topological polar surface area (TPSA) is 3.24 Å². The Labute approximate surface area is 305 Å². The number of terminal acetylenes is 1. The molecule has 2 aromatic rings. The van der Waals surface area contributed by atoms with Gasteiger partial charge in [-0.3, -0.25) is 0 Å². The van der Waals surface area contributed by atoms with Crippen molar-refractivity contribution < 1.29 is 0 Å². The van der Waals surface area contributed by atoms with Gasteiger partial charge in [0, 0.05) is 35.5 Å². The minimum absolute atomic E-state index is 0.896. The molecule has 0 aliphatic carbocycles. The van der Waals surface area contributed by atoms with E-state index in [0.29, 0.717) is 0 Å². The van der Waals surface area contributed by atoms with Gasteiger partial charge < -0.3 is 4.90 Å². The number of hydrogen-bond acceptors (Lipinski definition) is 1. The molecule has 2 rings (SSSR count). The van der Waals surface area contributed by atoms with Crippen molar-refractivity contribution in [2.75, 3.05) is 18.0 Å². The molecule has 49 heavy (non-hydrogen) atoms. The van der Waals surface area contributed by atoms with Gasteiger partial charge in [0.05, 0.1) is 0 Å². The van der Waals surface area contributed by atoms with Crippen molar-refractivity contribution in [1.29, 1.82) is 0 Å². The predicted molar refractivity (Wildman–Crippen MR) is 220 cm³/mol. The highest BCUT2D eigenvalue weighted by Gasteiger charge is 2.07. The SMILES string of the molecule is C#Cc1ccc(C#Cc2ccc(N(CCCCCCCCCCCCCCCC)CCCCCCCCCCCCCCCC)cc2)cc1. The summed E-state index contributed by atoms with van der Waals surface area (Å²) in [5.74, 6) is 9.31. The third kappa shape index (κ3) is 23.4. The van der Waals surface area contributed by atoms with E-state index in [1.807, 2.05) is 24.3 Å². The molecular weight excluding hydrogens is 591 g/mol. The number of hydrogen-bond donors (Lipinski definition) is 0. The van der Waals surface area contributed by atoms with Crippen molar-refractivity contribution in [1.82, 2.24) is 0 Å². The Hall–Kier alpha value is -2.64. The maximum atomic E-state index is 5.49. The quantitative estimate of drug-likeness (QED) is 0.0572. The first-order chi connectivity index (χ1) is 24.3. The average Bonchev–Trinajstić information content (AvgIpc) is 3.13. The van der Waals surface area contributed by atoms with Crippen LogP contribution in [0.3, 0.4) is 0 Å². The summed E-state index contributed by atoms with van der Waals surface area (Å²) >= 11 is 0. The highest BCUT2D eigenvalue weighted by Crippen LogP contribution is 2.20. The third-order valence-electron chi connectivity index (χ3n) is 10.2. The molecule has 1 heteroatoms. The Morgan fingerprint density at radius 2 is 0.633 bits per heavy atom. The highest BCUT2D eigenvalue weighted by atomic mass is 15.1. The second-order valence-corrected chi connectivity index (χ2v) is 14.7. The van der Waals surface area contributed by atoms with E-state index >= 15 is 0 Å². The molecular formula is C48H75N. The second-order valence-electron chi connectivity index (χ2n) is 14.7. The molecule has 0 aliphatic rings. The average molecular weight is 666 g/mol. The lowest BCUT2D eigenvalue weighted by Crippen LogP contribution is -2.25. The highest BCUT2D eigenvalue weighted by molar-refractivity contribution is 5.52. The van der Waals surface area contributed by atoms with Gasteiger partial charge in [-0.15, -0.1) is 6.42 Å². The summed E-state index contributed by atoms with van der Waals surface area (Å²) in [7, 11) is 0. The molecule has 0 unspecified atom stereocenters. The lowest BCUT2D eigenvalue weighted by atomic mass is 10.0. The summed E-state index contributed by atoms with van der Waals surface area (Å²) in [4.78, 5) is 2.65. The van der Waals surface area contributed by atoms with Crippen molar-refractivity contribution in [3.8, 4) is 24.2 Å². The van der Waals surface area contributed by atoms with Crippen molar-refractivity contribution in [2.45, 2.75) is 194 Å². The van der Waals surface area contributed by atoms with Crippen LogP contribution in [0, 0.1) is 24.2 Å². The molecule has 0 aliphatic heterocycles. The zero-order chi connectivity index (χ0) is 34.9. The Morgan fingerprint density at radius 1 is 0.367 bits per heavy atom. The summed E-state index contributed by atoms with van der Waals surface area (Å²) in [5.41, 5.74) is 4.32. The Morgan fingerprint density at radius 3 is 0.939 bits per heavy atom. The van der Waals surface area contributed by atoms with Gasteiger partial charge in [-0.25, -0.2) is 0 Å². The van der Waals surface area contributed by atoms with Crippen molar-refractivity contribution in [3.63, 3.8) is 0 Å². The van der Waals surface area contributed by atoms with Gasteiger partial charge in [0.25, 0.3) is 0 Å². The fraction of sp³-hybridized carbons (Fsp3) is 0.667. The summed E-state index contributed by atoms with van der Waals surface area (Å²) in [6, 6.07) is 16.9. The number of rotatable bonds is 31. The van der Waals surface area contributed by atoms with Crippen LogP contribution in [0.5, 0.6) is 0 Å². The fourth-order valence-electron chi connectivity index (χ4n) is 6.91. The largest absolute Gasteiger partial charge is 0.372 e. The van der Waals surface area contributed by atoms with Crippen LogP contribution >= 0.6 is 0 Å². The number of nitrogens with zero attached hydrogens (tertiary/aromatic N) is 1. The molecule has 0 heterocycles. The number of benzene rings is 2. The van der Waals surface area contributed by atoms with Gasteiger partial charge in [-0.1, -0.05) is 199 Å². The van der Waals surface area contributed by atoms with E-state index in [1.165, 1.54) is 199 Å². The van der Waals surface area contributed by atoms with Crippen LogP contribution in [0.1, 0.15) is 210 Å². The van der Waals surface area contributed by atoms with E-state index < -0.39 is 0 Å². The minimum atomic E-state index is 0.896. The maximum Gasteiger partial charge on any atom is 0.0367 e. The molecule has 2 aromatic carbocycles. The standard InChI is InChI=1S/C48H75N/c1-4-7-9-11-13-15-17-19-21-23-25-27-29-31-43-49(44-32-30-28-26-24-22-20-18-16-14-12-10-8-5-2)48-41-39-47(40-42-48)38-37-46-35-33-45(6-3)34-36-46/h3,33-36,39-42H,4-5,7-32,43-44H2,1-2H3. The van der Waals surface area contributed by atoms with Crippen LogP contribution in [0.15, 0.2) is 48.5 Å². The fourth-order valence-corrected chi connectivity index (χ4v) is 6.91. The second kappa shape index (κ2) is 31.3. The maximum absolute atomic E-state index is 5.49. The van der Waals surface area contributed by atoms with Gasteiger partial charge in [0.1, 0.15) is 0 Å². The molecule has 0 aromatic heterocycles. The molecule has 0 N–H and O–H groups in total. The van der Waals surface area contributed by atoms with Gasteiger partial charge in [0.2, 0.25) is 0 Å². The lowest BCUT2D eigenvalue weighted by Gasteiger charge is -2.25. The van der Waals surface area contributed by atoms with Gasteiger partial charge >= 0.3 is 0 Å². The Bertz CT molecular complexity index is 1080. The first kappa shape index (κ1) is 42.5. The van der Waals surface area contributed by atoms with Gasteiger partial charge in [0.15, 0.2) is 0 Å². The molecule has 0 bridgehead atoms. The van der Waals surface area contributed by atoms with E-state index in [2.05, 4.69) is 60.8 Å². The van der Waals surface area contributed by atoms with Crippen molar-refractivity contribution in [3.05, 3.63) is 65.2 Å². The van der Waals surface area contributed by atoms with E-state index in [9.17, 15) is 0 Å². The summed E-state index contributed by atoms with van der Waals surface area (Å²) in [6.45, 7) is 6.95. The molecule has 0 atom stereocenters. The smallest absolute Gasteiger partial charge is 0.0367 e. The molecule has 0 saturated heterocycles. The van der Waals surface area contributed by atoms with Crippen LogP contribution in [0.4, 0.5) is 5.69 Å². The van der Waals surface area contributed by atoms with Gasteiger partial charge in [-0.2, -0.15) is 0 Å². The Kier molecular flexibility index (Phi) is 27.2. The molecule has 0 saturated carbocycles. The molecule has 0 fully saturated rings. The van der Waals surface area contributed by atoms with Crippen LogP contribution in [-0.2, 0) is 0 Å². The lowest BCUT2D eigenvalue weighted by molar-refractivity contribution is 0.529. The number of anilines is 1. The zero-order valence-electron chi connectivity index (χ0n) is 32.4. The van der Waals surface area contributed by atoms with Crippen LogP contribution in [0.25, 0.3) is 0 Å².